The molecule has 0 saturated carbocycles. The van der Waals surface area contributed by atoms with Gasteiger partial charge >= 0.3 is 0 Å². The first-order valence-electron chi connectivity index (χ1n) is 6.56. The van der Waals surface area contributed by atoms with Gasteiger partial charge in [0, 0.05) is 11.6 Å². The quantitative estimate of drug-likeness (QED) is 0.845. The molecule has 0 saturated heterocycles. The first kappa shape index (κ1) is 16.6. The van der Waals surface area contributed by atoms with E-state index in [1.165, 1.54) is 11.3 Å². The van der Waals surface area contributed by atoms with Crippen molar-refractivity contribution in [2.75, 3.05) is 0 Å². The van der Waals surface area contributed by atoms with Crippen LogP contribution in [0.1, 0.15) is 59.4 Å². The number of rotatable bonds is 5. The van der Waals surface area contributed by atoms with Crippen LogP contribution in [0.5, 0.6) is 0 Å². The van der Waals surface area contributed by atoms with Crippen molar-refractivity contribution in [3.05, 3.63) is 16.6 Å². The van der Waals surface area contributed by atoms with Crippen LogP contribution < -0.4 is 0 Å². The third-order valence-corrected chi connectivity index (χ3v) is 4.14. The van der Waals surface area contributed by atoms with E-state index in [0.29, 0.717) is 11.8 Å². The van der Waals surface area contributed by atoms with Crippen molar-refractivity contribution in [2.24, 2.45) is 11.8 Å². The van der Waals surface area contributed by atoms with Crippen LogP contribution in [0.15, 0.2) is 11.6 Å². The summed E-state index contributed by atoms with van der Waals surface area (Å²) in [5.74, 6) is 1.33. The van der Waals surface area contributed by atoms with Crippen LogP contribution in [-0.2, 0) is 5.60 Å². The van der Waals surface area contributed by atoms with Crippen LogP contribution in [0.25, 0.3) is 0 Å². The average molecular weight is 257 g/mol. The first-order valence-corrected chi connectivity index (χ1v) is 7.44. The molecule has 1 rings (SSSR count). The summed E-state index contributed by atoms with van der Waals surface area (Å²) in [4.78, 5) is 4.18. The summed E-state index contributed by atoms with van der Waals surface area (Å²) in [7, 11) is 0. The van der Waals surface area contributed by atoms with Crippen molar-refractivity contribution < 1.29 is 5.11 Å². The number of hydrogen-bond acceptors (Lipinski definition) is 3. The van der Waals surface area contributed by atoms with E-state index in [2.05, 4.69) is 25.8 Å². The van der Waals surface area contributed by atoms with E-state index in [0.717, 1.165) is 17.8 Å². The van der Waals surface area contributed by atoms with E-state index in [4.69, 9.17) is 0 Å². The second-order valence-corrected chi connectivity index (χ2v) is 5.77. The van der Waals surface area contributed by atoms with Crippen LogP contribution in [0.4, 0.5) is 0 Å². The van der Waals surface area contributed by atoms with Gasteiger partial charge in [0.05, 0.1) is 0 Å². The van der Waals surface area contributed by atoms with Crippen molar-refractivity contribution >= 4 is 11.3 Å². The molecule has 2 atom stereocenters. The van der Waals surface area contributed by atoms with E-state index in [9.17, 15) is 5.11 Å². The number of hydrogen-bond donors (Lipinski definition) is 1. The third-order valence-electron chi connectivity index (χ3n) is 3.12. The number of aromatic nitrogens is 1. The predicted octanol–water partition coefficient (Wildman–Crippen LogP) is 4.45. The van der Waals surface area contributed by atoms with Gasteiger partial charge in [-0.15, -0.1) is 11.3 Å². The fourth-order valence-electron chi connectivity index (χ4n) is 1.44. The Morgan fingerprint density at radius 1 is 1.35 bits per heavy atom. The summed E-state index contributed by atoms with van der Waals surface area (Å²) in [6.45, 7) is 12.5. The molecule has 100 valence electrons. The van der Waals surface area contributed by atoms with Gasteiger partial charge in [-0.3, -0.25) is 0 Å². The molecule has 2 unspecified atom stereocenters. The molecule has 0 aliphatic rings. The van der Waals surface area contributed by atoms with E-state index in [-0.39, 0.29) is 0 Å². The van der Waals surface area contributed by atoms with Crippen molar-refractivity contribution in [1.29, 1.82) is 0 Å². The van der Waals surface area contributed by atoms with E-state index in [1.807, 2.05) is 26.2 Å². The van der Waals surface area contributed by atoms with Gasteiger partial charge in [-0.2, -0.15) is 0 Å². The molecule has 0 aliphatic carbocycles. The monoisotopic (exact) mass is 257 g/mol. The lowest BCUT2D eigenvalue weighted by molar-refractivity contribution is 0.0391. The molecule has 0 bridgehead atoms. The van der Waals surface area contributed by atoms with Crippen LogP contribution in [0.3, 0.4) is 0 Å². The Labute approximate surface area is 110 Å². The van der Waals surface area contributed by atoms with Gasteiger partial charge in [0.2, 0.25) is 0 Å². The minimum absolute atomic E-state index is 0.649. The number of aliphatic hydroxyl groups is 1. The maximum atomic E-state index is 10.3. The highest BCUT2D eigenvalue weighted by Crippen LogP contribution is 2.30. The average Bonchev–Trinajstić information content (AvgIpc) is 2.82. The Balaban J connectivity index is 0.00000121. The molecule has 2 nitrogen and oxygen atoms in total. The zero-order valence-electron chi connectivity index (χ0n) is 12.0. The molecule has 0 fully saturated rings. The second kappa shape index (κ2) is 7.83. The lowest BCUT2D eigenvalue weighted by Gasteiger charge is -2.24. The van der Waals surface area contributed by atoms with Gasteiger partial charge in [0.1, 0.15) is 10.6 Å². The highest BCUT2D eigenvalue weighted by Gasteiger charge is 2.26. The van der Waals surface area contributed by atoms with Crippen LogP contribution in [0, 0.1) is 11.8 Å². The van der Waals surface area contributed by atoms with Crippen LogP contribution in [-0.4, -0.2) is 10.1 Å². The SMILES string of the molecule is CC.CC(C)C(C)CCC(C)(O)c1nccs1. The second-order valence-electron chi connectivity index (χ2n) is 4.87. The van der Waals surface area contributed by atoms with Crippen molar-refractivity contribution in [3.63, 3.8) is 0 Å². The van der Waals surface area contributed by atoms with E-state index in [1.54, 1.807) is 6.20 Å². The zero-order chi connectivity index (χ0) is 13.5. The Morgan fingerprint density at radius 2 is 1.94 bits per heavy atom. The number of nitrogens with zero attached hydrogens (tertiary/aromatic N) is 1. The maximum absolute atomic E-state index is 10.3. The smallest absolute Gasteiger partial charge is 0.124 e. The van der Waals surface area contributed by atoms with Crippen LogP contribution >= 0.6 is 11.3 Å². The molecule has 1 N–H and O–H groups in total. The van der Waals surface area contributed by atoms with Gasteiger partial charge in [0.15, 0.2) is 0 Å². The summed E-state index contributed by atoms with van der Waals surface area (Å²) in [5, 5.41) is 13.0. The molecule has 0 aliphatic heterocycles. The summed E-state index contributed by atoms with van der Waals surface area (Å²) >= 11 is 1.53. The van der Waals surface area contributed by atoms with Crippen LogP contribution in [0.2, 0.25) is 0 Å². The molecule has 1 aromatic rings. The largest absolute Gasteiger partial charge is 0.383 e. The lowest BCUT2D eigenvalue weighted by Crippen LogP contribution is -2.22. The Kier molecular flexibility index (Phi) is 7.64. The molecular formula is C14H27NOS. The fourth-order valence-corrected chi connectivity index (χ4v) is 2.17. The number of thiazole rings is 1. The molecule has 3 heteroatoms. The third kappa shape index (κ3) is 5.64. The molecule has 0 radical (unpaired) electrons. The summed E-state index contributed by atoms with van der Waals surface area (Å²) < 4.78 is 0. The lowest BCUT2D eigenvalue weighted by atomic mass is 9.88. The molecule has 1 heterocycles. The standard InChI is InChI=1S/C12H21NOS.C2H6/c1-9(2)10(3)5-6-12(4,14)11-13-7-8-15-11;1-2/h7-10,14H,5-6H2,1-4H3;1-2H3. The highest BCUT2D eigenvalue weighted by atomic mass is 32.1. The summed E-state index contributed by atoms with van der Waals surface area (Å²) in [5.41, 5.74) is -0.753. The Hall–Kier alpha value is -0.410. The topological polar surface area (TPSA) is 33.1 Å². The molecule has 17 heavy (non-hydrogen) atoms. The fraction of sp³-hybridized carbons (Fsp3) is 0.786. The summed E-state index contributed by atoms with van der Waals surface area (Å²) in [6, 6.07) is 0. The molecule has 0 aromatic carbocycles. The van der Waals surface area contributed by atoms with Gasteiger partial charge in [0.25, 0.3) is 0 Å². The van der Waals surface area contributed by atoms with Gasteiger partial charge < -0.3 is 5.11 Å². The summed E-state index contributed by atoms with van der Waals surface area (Å²) in [6.07, 6.45) is 3.59. The van der Waals surface area contributed by atoms with Crippen molar-refractivity contribution in [1.82, 2.24) is 4.98 Å². The minimum Gasteiger partial charge on any atom is -0.383 e. The Morgan fingerprint density at radius 3 is 2.35 bits per heavy atom. The molecule has 0 spiro atoms. The van der Waals surface area contributed by atoms with Crippen molar-refractivity contribution in [3.8, 4) is 0 Å². The molecular weight excluding hydrogens is 230 g/mol. The van der Waals surface area contributed by atoms with Gasteiger partial charge in [-0.1, -0.05) is 34.6 Å². The molecule has 1 aromatic heterocycles. The highest BCUT2D eigenvalue weighted by molar-refractivity contribution is 7.09. The Bertz CT molecular complexity index is 280. The maximum Gasteiger partial charge on any atom is 0.124 e. The normalized spacial score (nSPS) is 16.0. The van der Waals surface area contributed by atoms with E-state index >= 15 is 0 Å². The van der Waals surface area contributed by atoms with Gasteiger partial charge in [-0.05, 0) is 31.6 Å². The van der Waals surface area contributed by atoms with E-state index < -0.39 is 5.60 Å². The predicted molar refractivity (Wildman–Crippen MR) is 76.3 cm³/mol. The first-order chi connectivity index (χ1) is 7.93. The molecule has 0 amide bonds. The minimum atomic E-state index is -0.753. The van der Waals surface area contributed by atoms with Gasteiger partial charge in [-0.25, -0.2) is 4.98 Å². The zero-order valence-corrected chi connectivity index (χ0v) is 12.8. The van der Waals surface area contributed by atoms with Crippen molar-refractivity contribution in [2.45, 2.75) is 60.0 Å².